The Morgan fingerprint density at radius 1 is 1.23 bits per heavy atom. The molecule has 13 heavy (non-hydrogen) atoms. The van der Waals surface area contributed by atoms with Gasteiger partial charge >= 0.3 is 0 Å². The maximum Gasteiger partial charge on any atom is 0.231 e. The standard InChI is InChI=1S/C11H14O2/c1-3-4-9-6-11-10(5-8(9)2)12-7-13-11/h5-6H,3-4,7H2,1-2H3. The van der Waals surface area contributed by atoms with Crippen molar-refractivity contribution in [3.8, 4) is 11.5 Å². The molecular formula is C11H14O2. The van der Waals surface area contributed by atoms with E-state index in [2.05, 4.69) is 26.0 Å². The van der Waals surface area contributed by atoms with E-state index in [1.54, 1.807) is 0 Å². The van der Waals surface area contributed by atoms with E-state index in [4.69, 9.17) is 9.47 Å². The molecule has 0 saturated heterocycles. The first kappa shape index (κ1) is 8.42. The first-order valence-electron chi connectivity index (χ1n) is 4.70. The van der Waals surface area contributed by atoms with E-state index in [0.29, 0.717) is 6.79 Å². The smallest absolute Gasteiger partial charge is 0.231 e. The minimum Gasteiger partial charge on any atom is -0.454 e. The summed E-state index contributed by atoms with van der Waals surface area (Å²) in [4.78, 5) is 0. The molecular weight excluding hydrogens is 164 g/mol. The van der Waals surface area contributed by atoms with Gasteiger partial charge in [-0.25, -0.2) is 0 Å². The van der Waals surface area contributed by atoms with Gasteiger partial charge in [-0.05, 0) is 36.6 Å². The highest BCUT2D eigenvalue weighted by molar-refractivity contribution is 5.48. The van der Waals surface area contributed by atoms with Gasteiger partial charge in [0.1, 0.15) is 0 Å². The number of fused-ring (bicyclic) bond motifs is 1. The number of rotatable bonds is 2. The number of benzene rings is 1. The Bertz CT molecular complexity index is 318. The van der Waals surface area contributed by atoms with Crippen LogP contribution in [0.1, 0.15) is 24.5 Å². The molecule has 1 aromatic rings. The van der Waals surface area contributed by atoms with Gasteiger partial charge in [0.05, 0.1) is 0 Å². The molecule has 0 atom stereocenters. The fourth-order valence-electron chi connectivity index (χ4n) is 1.62. The molecule has 2 rings (SSSR count). The van der Waals surface area contributed by atoms with E-state index in [1.165, 1.54) is 17.5 Å². The molecule has 70 valence electrons. The Labute approximate surface area is 78.5 Å². The Morgan fingerprint density at radius 3 is 2.62 bits per heavy atom. The molecule has 1 aliphatic heterocycles. The molecule has 0 spiro atoms. The zero-order valence-electron chi connectivity index (χ0n) is 8.09. The summed E-state index contributed by atoms with van der Waals surface area (Å²) in [6.45, 7) is 4.67. The minimum absolute atomic E-state index is 0.365. The number of hydrogen-bond acceptors (Lipinski definition) is 2. The topological polar surface area (TPSA) is 18.5 Å². The van der Waals surface area contributed by atoms with Crippen molar-refractivity contribution >= 4 is 0 Å². The van der Waals surface area contributed by atoms with E-state index in [1.807, 2.05) is 0 Å². The average molecular weight is 178 g/mol. The lowest BCUT2D eigenvalue weighted by Crippen LogP contribution is -1.92. The Balaban J connectivity index is 2.37. The third-order valence-corrected chi connectivity index (χ3v) is 2.35. The Morgan fingerprint density at radius 2 is 1.92 bits per heavy atom. The van der Waals surface area contributed by atoms with E-state index >= 15 is 0 Å². The predicted molar refractivity (Wildman–Crippen MR) is 51.3 cm³/mol. The molecule has 0 unspecified atom stereocenters. The van der Waals surface area contributed by atoms with Gasteiger partial charge in [0.15, 0.2) is 11.5 Å². The maximum atomic E-state index is 5.32. The molecule has 1 aromatic carbocycles. The van der Waals surface area contributed by atoms with Gasteiger partial charge in [-0.3, -0.25) is 0 Å². The molecule has 0 radical (unpaired) electrons. The predicted octanol–water partition coefficient (Wildman–Crippen LogP) is 2.68. The maximum absolute atomic E-state index is 5.32. The van der Waals surface area contributed by atoms with E-state index in [0.717, 1.165) is 17.9 Å². The van der Waals surface area contributed by atoms with Crippen LogP contribution < -0.4 is 9.47 Å². The van der Waals surface area contributed by atoms with Crippen molar-refractivity contribution in [1.82, 2.24) is 0 Å². The molecule has 0 aromatic heterocycles. The van der Waals surface area contributed by atoms with Crippen LogP contribution in [0.4, 0.5) is 0 Å². The highest BCUT2D eigenvalue weighted by atomic mass is 16.7. The van der Waals surface area contributed by atoms with Crippen LogP contribution in [-0.4, -0.2) is 6.79 Å². The first-order valence-corrected chi connectivity index (χ1v) is 4.70. The third-order valence-electron chi connectivity index (χ3n) is 2.35. The summed E-state index contributed by atoms with van der Waals surface area (Å²) in [5.74, 6) is 1.78. The summed E-state index contributed by atoms with van der Waals surface area (Å²) in [5, 5.41) is 0. The second kappa shape index (κ2) is 3.29. The van der Waals surface area contributed by atoms with Crippen LogP contribution in [0.15, 0.2) is 12.1 Å². The van der Waals surface area contributed by atoms with E-state index in [9.17, 15) is 0 Å². The van der Waals surface area contributed by atoms with Crippen molar-refractivity contribution in [2.45, 2.75) is 26.7 Å². The summed E-state index contributed by atoms with van der Waals surface area (Å²) < 4.78 is 10.6. The average Bonchev–Trinajstić information content (AvgIpc) is 2.52. The number of hydrogen-bond donors (Lipinski definition) is 0. The summed E-state index contributed by atoms with van der Waals surface area (Å²) in [5.41, 5.74) is 2.66. The van der Waals surface area contributed by atoms with Crippen molar-refractivity contribution < 1.29 is 9.47 Å². The lowest BCUT2D eigenvalue weighted by Gasteiger charge is -2.05. The first-order chi connectivity index (χ1) is 6.31. The zero-order valence-corrected chi connectivity index (χ0v) is 8.09. The zero-order chi connectivity index (χ0) is 9.26. The van der Waals surface area contributed by atoms with Crippen molar-refractivity contribution in [3.05, 3.63) is 23.3 Å². The number of ether oxygens (including phenoxy) is 2. The lowest BCUT2D eigenvalue weighted by molar-refractivity contribution is 0.174. The highest BCUT2D eigenvalue weighted by Gasteiger charge is 2.14. The van der Waals surface area contributed by atoms with Gasteiger partial charge in [0.2, 0.25) is 6.79 Å². The molecule has 1 aliphatic rings. The third kappa shape index (κ3) is 1.48. The SMILES string of the molecule is CCCc1cc2c(cc1C)OCO2. The van der Waals surface area contributed by atoms with Crippen LogP contribution in [0.5, 0.6) is 11.5 Å². The molecule has 0 N–H and O–H groups in total. The van der Waals surface area contributed by atoms with E-state index in [-0.39, 0.29) is 0 Å². The van der Waals surface area contributed by atoms with Gasteiger partial charge in [0, 0.05) is 0 Å². The Kier molecular flexibility index (Phi) is 2.13. The van der Waals surface area contributed by atoms with Crippen LogP contribution in [0.25, 0.3) is 0 Å². The van der Waals surface area contributed by atoms with Gasteiger partial charge in [0.25, 0.3) is 0 Å². The van der Waals surface area contributed by atoms with Gasteiger partial charge < -0.3 is 9.47 Å². The molecule has 0 amide bonds. The highest BCUT2D eigenvalue weighted by Crippen LogP contribution is 2.34. The van der Waals surface area contributed by atoms with E-state index < -0.39 is 0 Å². The van der Waals surface area contributed by atoms with Crippen molar-refractivity contribution in [3.63, 3.8) is 0 Å². The van der Waals surface area contributed by atoms with Crippen LogP contribution >= 0.6 is 0 Å². The van der Waals surface area contributed by atoms with Crippen molar-refractivity contribution in [2.75, 3.05) is 6.79 Å². The summed E-state index contributed by atoms with van der Waals surface area (Å²) >= 11 is 0. The Hall–Kier alpha value is -1.18. The fraction of sp³-hybridized carbons (Fsp3) is 0.455. The molecule has 0 aliphatic carbocycles. The number of aryl methyl sites for hydroxylation is 2. The monoisotopic (exact) mass is 178 g/mol. The van der Waals surface area contributed by atoms with Gasteiger partial charge in [-0.1, -0.05) is 13.3 Å². The van der Waals surface area contributed by atoms with Crippen LogP contribution in [0.3, 0.4) is 0 Å². The fourth-order valence-corrected chi connectivity index (χ4v) is 1.62. The largest absolute Gasteiger partial charge is 0.454 e. The molecule has 0 bridgehead atoms. The molecule has 2 heteroatoms. The molecule has 1 heterocycles. The second-order valence-corrected chi connectivity index (χ2v) is 3.38. The lowest BCUT2D eigenvalue weighted by atomic mass is 10.0. The second-order valence-electron chi connectivity index (χ2n) is 3.38. The quantitative estimate of drug-likeness (QED) is 0.693. The van der Waals surface area contributed by atoms with Crippen molar-refractivity contribution in [2.24, 2.45) is 0 Å². The van der Waals surface area contributed by atoms with Crippen LogP contribution in [0.2, 0.25) is 0 Å². The summed E-state index contributed by atoms with van der Waals surface area (Å²) in [6.07, 6.45) is 2.28. The molecule has 2 nitrogen and oxygen atoms in total. The molecule has 0 saturated carbocycles. The summed E-state index contributed by atoms with van der Waals surface area (Å²) in [7, 11) is 0. The normalized spacial score (nSPS) is 13.4. The minimum atomic E-state index is 0.365. The van der Waals surface area contributed by atoms with Gasteiger partial charge in [-0.15, -0.1) is 0 Å². The van der Waals surface area contributed by atoms with Crippen molar-refractivity contribution in [1.29, 1.82) is 0 Å². The van der Waals surface area contributed by atoms with Crippen LogP contribution in [0, 0.1) is 6.92 Å². The van der Waals surface area contributed by atoms with Gasteiger partial charge in [-0.2, -0.15) is 0 Å². The summed E-state index contributed by atoms with van der Waals surface area (Å²) in [6, 6.07) is 4.16. The molecule has 0 fully saturated rings. The van der Waals surface area contributed by atoms with Crippen LogP contribution in [-0.2, 0) is 6.42 Å².